The van der Waals surface area contributed by atoms with Crippen molar-refractivity contribution < 1.29 is 4.79 Å². The largest absolute Gasteiger partial charge is 0.305 e. The van der Waals surface area contributed by atoms with Gasteiger partial charge in [-0.1, -0.05) is 29.3 Å². The molecular weight excluding hydrogens is 297 g/mol. The molecule has 4 nitrogen and oxygen atoms in total. The quantitative estimate of drug-likeness (QED) is 0.748. The molecular formula is C14H9Cl2N3O. The van der Waals surface area contributed by atoms with E-state index in [2.05, 4.69) is 15.5 Å². The van der Waals surface area contributed by atoms with Crippen LogP contribution < -0.4 is 5.32 Å². The highest BCUT2D eigenvalue weighted by Crippen LogP contribution is 2.24. The number of amides is 1. The molecule has 20 heavy (non-hydrogen) atoms. The Bertz CT molecular complexity index is 798. The lowest BCUT2D eigenvalue weighted by Gasteiger charge is -2.03. The number of carbonyl (C=O) groups is 1. The van der Waals surface area contributed by atoms with Crippen molar-refractivity contribution in [2.24, 2.45) is 0 Å². The van der Waals surface area contributed by atoms with Gasteiger partial charge in [-0.25, -0.2) is 0 Å². The van der Waals surface area contributed by atoms with Crippen LogP contribution in [0.1, 0.15) is 10.4 Å². The molecule has 0 saturated heterocycles. The molecule has 0 aliphatic heterocycles. The molecule has 0 aliphatic carbocycles. The van der Waals surface area contributed by atoms with E-state index in [0.29, 0.717) is 21.4 Å². The fourth-order valence-electron chi connectivity index (χ4n) is 1.90. The van der Waals surface area contributed by atoms with E-state index in [9.17, 15) is 4.79 Å². The Morgan fingerprint density at radius 1 is 1.10 bits per heavy atom. The van der Waals surface area contributed by atoms with Crippen LogP contribution in [0.3, 0.4) is 0 Å². The van der Waals surface area contributed by atoms with E-state index in [4.69, 9.17) is 23.2 Å². The fourth-order valence-corrected chi connectivity index (χ4v) is 2.26. The molecule has 0 unspecified atom stereocenters. The third-order valence-electron chi connectivity index (χ3n) is 2.84. The summed E-state index contributed by atoms with van der Waals surface area (Å²) in [5.74, 6) is 0.192. The van der Waals surface area contributed by atoms with Gasteiger partial charge in [-0.2, -0.15) is 5.10 Å². The summed E-state index contributed by atoms with van der Waals surface area (Å²) in [6.07, 6.45) is 0. The van der Waals surface area contributed by atoms with E-state index >= 15 is 0 Å². The van der Waals surface area contributed by atoms with Crippen LogP contribution in [0.5, 0.6) is 0 Å². The lowest BCUT2D eigenvalue weighted by Crippen LogP contribution is -2.12. The SMILES string of the molecule is O=C(Nc1n[nH]c2cc(Cl)ccc12)c1cccc(Cl)c1. The summed E-state index contributed by atoms with van der Waals surface area (Å²) in [6.45, 7) is 0. The van der Waals surface area contributed by atoms with E-state index in [1.54, 1.807) is 42.5 Å². The number of aromatic nitrogens is 2. The number of anilines is 1. The number of nitrogens with one attached hydrogen (secondary N) is 2. The minimum Gasteiger partial charge on any atom is -0.305 e. The highest BCUT2D eigenvalue weighted by Gasteiger charge is 2.11. The summed E-state index contributed by atoms with van der Waals surface area (Å²) in [6, 6.07) is 12.0. The first kappa shape index (κ1) is 13.0. The molecule has 0 aliphatic rings. The predicted molar refractivity (Wildman–Crippen MR) is 80.5 cm³/mol. The Morgan fingerprint density at radius 3 is 2.70 bits per heavy atom. The number of H-pyrrole nitrogens is 1. The van der Waals surface area contributed by atoms with Crippen molar-refractivity contribution in [3.63, 3.8) is 0 Å². The number of carbonyl (C=O) groups excluding carboxylic acids is 1. The molecule has 2 aromatic carbocycles. The first-order chi connectivity index (χ1) is 9.63. The van der Waals surface area contributed by atoms with Crippen molar-refractivity contribution >= 4 is 45.8 Å². The molecule has 3 aromatic rings. The van der Waals surface area contributed by atoms with E-state index in [0.717, 1.165) is 10.9 Å². The maximum absolute atomic E-state index is 12.1. The van der Waals surface area contributed by atoms with Crippen molar-refractivity contribution in [3.05, 3.63) is 58.1 Å². The zero-order valence-corrected chi connectivity index (χ0v) is 11.7. The van der Waals surface area contributed by atoms with Crippen LogP contribution >= 0.6 is 23.2 Å². The number of hydrogen-bond acceptors (Lipinski definition) is 2. The zero-order valence-electron chi connectivity index (χ0n) is 10.2. The van der Waals surface area contributed by atoms with Crippen LogP contribution in [-0.4, -0.2) is 16.1 Å². The van der Waals surface area contributed by atoms with Crippen LogP contribution in [0.4, 0.5) is 5.82 Å². The van der Waals surface area contributed by atoms with Crippen LogP contribution in [0, 0.1) is 0 Å². The second kappa shape index (κ2) is 5.15. The second-order valence-electron chi connectivity index (χ2n) is 4.23. The van der Waals surface area contributed by atoms with Crippen LogP contribution in [0.25, 0.3) is 10.9 Å². The fraction of sp³-hybridized carbons (Fsp3) is 0. The molecule has 1 heterocycles. The Morgan fingerprint density at radius 2 is 1.90 bits per heavy atom. The molecule has 0 atom stereocenters. The van der Waals surface area contributed by atoms with Crippen molar-refractivity contribution in [1.82, 2.24) is 10.2 Å². The van der Waals surface area contributed by atoms with Crippen LogP contribution in [0.15, 0.2) is 42.5 Å². The summed E-state index contributed by atoms with van der Waals surface area (Å²) in [5, 5.41) is 11.6. The Hall–Kier alpha value is -2.04. The minimum atomic E-state index is -0.268. The highest BCUT2D eigenvalue weighted by molar-refractivity contribution is 6.31. The van der Waals surface area contributed by atoms with E-state index in [-0.39, 0.29) is 5.91 Å². The average molecular weight is 306 g/mol. The van der Waals surface area contributed by atoms with Gasteiger partial charge in [-0.15, -0.1) is 0 Å². The first-order valence-electron chi connectivity index (χ1n) is 5.84. The lowest BCUT2D eigenvalue weighted by atomic mass is 10.2. The van der Waals surface area contributed by atoms with Gasteiger partial charge in [-0.3, -0.25) is 9.89 Å². The van der Waals surface area contributed by atoms with Crippen molar-refractivity contribution in [2.45, 2.75) is 0 Å². The monoisotopic (exact) mass is 305 g/mol. The van der Waals surface area contributed by atoms with Gasteiger partial charge in [0.1, 0.15) is 0 Å². The maximum Gasteiger partial charge on any atom is 0.256 e. The van der Waals surface area contributed by atoms with Gasteiger partial charge in [0.05, 0.1) is 5.52 Å². The van der Waals surface area contributed by atoms with Crippen molar-refractivity contribution in [1.29, 1.82) is 0 Å². The summed E-state index contributed by atoms with van der Waals surface area (Å²) < 4.78 is 0. The smallest absolute Gasteiger partial charge is 0.256 e. The number of nitrogens with zero attached hydrogens (tertiary/aromatic N) is 1. The molecule has 2 N–H and O–H groups in total. The third kappa shape index (κ3) is 2.48. The molecule has 3 rings (SSSR count). The number of halogens is 2. The van der Waals surface area contributed by atoms with Gasteiger partial charge in [0.25, 0.3) is 5.91 Å². The molecule has 0 spiro atoms. The van der Waals surface area contributed by atoms with Crippen LogP contribution in [0.2, 0.25) is 10.0 Å². The molecule has 0 radical (unpaired) electrons. The second-order valence-corrected chi connectivity index (χ2v) is 5.10. The number of aromatic amines is 1. The summed E-state index contributed by atoms with van der Waals surface area (Å²) in [7, 11) is 0. The Kier molecular flexibility index (Phi) is 3.34. The molecule has 6 heteroatoms. The molecule has 0 saturated carbocycles. The standard InChI is InChI=1S/C14H9Cl2N3O/c15-9-3-1-2-8(6-9)14(20)17-13-11-5-4-10(16)7-12(11)18-19-13/h1-7H,(H2,17,18,19,20). The number of benzene rings is 2. The predicted octanol–water partition coefficient (Wildman–Crippen LogP) is 4.12. The summed E-state index contributed by atoms with van der Waals surface area (Å²) >= 11 is 11.8. The number of rotatable bonds is 2. The molecule has 100 valence electrons. The average Bonchev–Trinajstić information content (AvgIpc) is 2.81. The molecule has 1 aromatic heterocycles. The Labute approximate surface area is 124 Å². The van der Waals surface area contributed by atoms with E-state index in [1.165, 1.54) is 0 Å². The third-order valence-corrected chi connectivity index (χ3v) is 3.31. The normalized spacial score (nSPS) is 10.7. The van der Waals surface area contributed by atoms with Gasteiger partial charge in [0.2, 0.25) is 0 Å². The lowest BCUT2D eigenvalue weighted by molar-refractivity contribution is 0.102. The summed E-state index contributed by atoms with van der Waals surface area (Å²) in [4.78, 5) is 12.1. The number of fused-ring (bicyclic) bond motifs is 1. The molecule has 0 bridgehead atoms. The summed E-state index contributed by atoms with van der Waals surface area (Å²) in [5.41, 5.74) is 1.24. The van der Waals surface area contributed by atoms with Crippen molar-refractivity contribution in [2.75, 3.05) is 5.32 Å². The maximum atomic E-state index is 12.1. The van der Waals surface area contributed by atoms with Gasteiger partial charge < -0.3 is 5.32 Å². The van der Waals surface area contributed by atoms with Gasteiger partial charge >= 0.3 is 0 Å². The number of hydrogen-bond donors (Lipinski definition) is 2. The van der Waals surface area contributed by atoms with Crippen molar-refractivity contribution in [3.8, 4) is 0 Å². The highest BCUT2D eigenvalue weighted by atomic mass is 35.5. The van der Waals surface area contributed by atoms with Gasteiger partial charge in [-0.05, 0) is 36.4 Å². The zero-order chi connectivity index (χ0) is 14.1. The molecule has 0 fully saturated rings. The van der Waals surface area contributed by atoms with Crippen LogP contribution in [-0.2, 0) is 0 Å². The first-order valence-corrected chi connectivity index (χ1v) is 6.59. The Balaban J connectivity index is 1.91. The van der Waals surface area contributed by atoms with E-state index in [1.807, 2.05) is 0 Å². The van der Waals surface area contributed by atoms with Gasteiger partial charge in [0.15, 0.2) is 5.82 Å². The molecule has 1 amide bonds. The minimum absolute atomic E-state index is 0.268. The van der Waals surface area contributed by atoms with Gasteiger partial charge in [0, 0.05) is 21.0 Å². The topological polar surface area (TPSA) is 57.8 Å². The van der Waals surface area contributed by atoms with E-state index < -0.39 is 0 Å².